The molecule has 0 fully saturated rings. The van der Waals surface area contributed by atoms with Gasteiger partial charge in [-0.05, 0) is 56.5 Å². The highest BCUT2D eigenvalue weighted by atomic mass is 14.1. The van der Waals surface area contributed by atoms with Crippen LogP contribution >= 0.6 is 0 Å². The first-order chi connectivity index (χ1) is 18.3. The first-order valence-corrected chi connectivity index (χ1v) is 12.7. The van der Waals surface area contributed by atoms with Crippen LogP contribution in [0.15, 0.2) is 164 Å². The van der Waals surface area contributed by atoms with Crippen LogP contribution in [-0.4, -0.2) is 0 Å². The summed E-state index contributed by atoms with van der Waals surface area (Å²) in [5, 5.41) is 0. The van der Waals surface area contributed by atoms with E-state index in [0.29, 0.717) is 0 Å². The highest BCUT2D eigenvalue weighted by Crippen LogP contribution is 2.27. The van der Waals surface area contributed by atoms with Crippen LogP contribution in [0.5, 0.6) is 0 Å². The second kappa shape index (κ2) is 11.8. The van der Waals surface area contributed by atoms with Gasteiger partial charge < -0.3 is 0 Å². The van der Waals surface area contributed by atoms with E-state index < -0.39 is 0 Å². The summed E-state index contributed by atoms with van der Waals surface area (Å²) < 4.78 is 0. The maximum atomic E-state index is 3.92. The second-order valence-electron chi connectivity index (χ2n) is 9.05. The van der Waals surface area contributed by atoms with E-state index in [9.17, 15) is 0 Å². The summed E-state index contributed by atoms with van der Waals surface area (Å²) in [5.74, 6) is 0. The van der Waals surface area contributed by atoms with E-state index in [1.807, 2.05) is 18.2 Å². The van der Waals surface area contributed by atoms with Crippen molar-refractivity contribution in [3.63, 3.8) is 0 Å². The Hall–Kier alpha value is -4.68. The van der Waals surface area contributed by atoms with E-state index in [-0.39, 0.29) is 0 Å². The Kier molecular flexibility index (Phi) is 7.69. The van der Waals surface area contributed by atoms with Crippen molar-refractivity contribution in [1.82, 2.24) is 0 Å². The maximum absolute atomic E-state index is 3.92. The lowest BCUT2D eigenvalue weighted by molar-refractivity contribution is 1.27. The summed E-state index contributed by atoms with van der Waals surface area (Å²) >= 11 is 0. The van der Waals surface area contributed by atoms with E-state index in [4.69, 9.17) is 0 Å². The number of hydrogen-bond acceptors (Lipinski definition) is 0. The second-order valence-corrected chi connectivity index (χ2v) is 9.05. The van der Waals surface area contributed by atoms with Gasteiger partial charge in [-0.15, -0.1) is 0 Å². The molecule has 178 valence electrons. The van der Waals surface area contributed by atoms with Crippen molar-refractivity contribution in [2.24, 2.45) is 0 Å². The number of rotatable bonds is 8. The van der Waals surface area contributed by atoms with Crippen LogP contribution in [-0.2, 0) is 6.42 Å². The van der Waals surface area contributed by atoms with E-state index in [0.717, 1.165) is 12.0 Å². The third-order valence-corrected chi connectivity index (χ3v) is 6.55. The molecule has 5 rings (SSSR count). The molecule has 0 spiro atoms. The summed E-state index contributed by atoms with van der Waals surface area (Å²) in [7, 11) is 0. The van der Waals surface area contributed by atoms with Crippen molar-refractivity contribution in [3.8, 4) is 33.4 Å². The van der Waals surface area contributed by atoms with Crippen LogP contribution in [0, 0.1) is 0 Å². The summed E-state index contributed by atoms with van der Waals surface area (Å²) in [4.78, 5) is 0. The summed E-state index contributed by atoms with van der Waals surface area (Å²) in [6.45, 7) is 3.92. The SMILES string of the molecule is C=C/C=C(\C=C/Cc1ccc(-c2ccccc2)cc1)c1ccc(-c2ccc(-c3ccccc3)cc2)cc1. The molecular weight excluding hydrogens is 444 g/mol. The van der Waals surface area contributed by atoms with E-state index in [1.54, 1.807) is 0 Å². The first kappa shape index (κ1) is 24.0. The number of hydrogen-bond donors (Lipinski definition) is 0. The Balaban J connectivity index is 1.26. The molecule has 0 unspecified atom stereocenters. The van der Waals surface area contributed by atoms with Gasteiger partial charge in [-0.1, -0.05) is 164 Å². The zero-order valence-corrected chi connectivity index (χ0v) is 20.9. The van der Waals surface area contributed by atoms with Crippen LogP contribution in [0.4, 0.5) is 0 Å². The minimum atomic E-state index is 0.884. The zero-order chi connectivity index (χ0) is 25.3. The molecule has 0 nitrogen and oxygen atoms in total. The predicted molar refractivity (Wildman–Crippen MR) is 160 cm³/mol. The Morgan fingerprint density at radius 1 is 0.486 bits per heavy atom. The quantitative estimate of drug-likeness (QED) is 0.196. The van der Waals surface area contributed by atoms with Gasteiger partial charge >= 0.3 is 0 Å². The topological polar surface area (TPSA) is 0 Å². The molecule has 0 aliphatic heterocycles. The summed E-state index contributed by atoms with van der Waals surface area (Å²) in [5.41, 5.74) is 11.0. The molecule has 0 radical (unpaired) electrons. The monoisotopic (exact) mass is 474 g/mol. The van der Waals surface area contributed by atoms with Gasteiger partial charge in [-0.25, -0.2) is 0 Å². The molecule has 5 aromatic carbocycles. The molecule has 37 heavy (non-hydrogen) atoms. The fraction of sp³-hybridized carbons (Fsp3) is 0.0270. The van der Waals surface area contributed by atoms with Gasteiger partial charge in [0.15, 0.2) is 0 Å². The van der Waals surface area contributed by atoms with Crippen LogP contribution in [0.2, 0.25) is 0 Å². The first-order valence-electron chi connectivity index (χ1n) is 12.7. The molecular formula is C37H30. The minimum absolute atomic E-state index is 0.884. The Morgan fingerprint density at radius 2 is 0.892 bits per heavy atom. The van der Waals surface area contributed by atoms with E-state index >= 15 is 0 Å². The molecule has 0 atom stereocenters. The highest BCUT2D eigenvalue weighted by molar-refractivity contribution is 5.77. The van der Waals surface area contributed by atoms with Gasteiger partial charge in [-0.3, -0.25) is 0 Å². The fourth-order valence-electron chi connectivity index (χ4n) is 4.50. The predicted octanol–water partition coefficient (Wildman–Crippen LogP) is 10.1. The van der Waals surface area contributed by atoms with Crippen molar-refractivity contribution >= 4 is 5.57 Å². The van der Waals surface area contributed by atoms with E-state index in [2.05, 4.69) is 146 Å². The molecule has 0 saturated carbocycles. The third-order valence-electron chi connectivity index (χ3n) is 6.55. The van der Waals surface area contributed by atoms with E-state index in [1.165, 1.54) is 44.5 Å². The molecule has 0 heteroatoms. The molecule has 0 aromatic heterocycles. The lowest BCUT2D eigenvalue weighted by Crippen LogP contribution is -1.85. The van der Waals surface area contributed by atoms with Crippen molar-refractivity contribution < 1.29 is 0 Å². The molecule has 0 aliphatic rings. The highest BCUT2D eigenvalue weighted by Gasteiger charge is 2.03. The van der Waals surface area contributed by atoms with Crippen LogP contribution in [0.3, 0.4) is 0 Å². The Bertz CT molecular complexity index is 1480. The van der Waals surface area contributed by atoms with Gasteiger partial charge in [0.05, 0.1) is 0 Å². The summed E-state index contributed by atoms with van der Waals surface area (Å²) in [6.07, 6.45) is 9.22. The largest absolute Gasteiger partial charge is 0.0990 e. The molecule has 0 saturated heterocycles. The van der Waals surface area contributed by atoms with Crippen molar-refractivity contribution in [3.05, 3.63) is 175 Å². The van der Waals surface area contributed by atoms with Gasteiger partial charge in [0, 0.05) is 0 Å². The molecule has 0 amide bonds. The number of benzene rings is 5. The van der Waals surface area contributed by atoms with Gasteiger partial charge in [0.25, 0.3) is 0 Å². The minimum Gasteiger partial charge on any atom is -0.0990 e. The standard InChI is InChI=1S/C37H30/c1-2-10-30(16-9-11-29-17-19-33(20-18-29)31-12-5-3-6-13-31)34-21-25-36(26-22-34)37-27-23-35(24-28-37)32-14-7-4-8-15-32/h2-10,12-28H,1,11H2/b16-9-,30-10+. The average molecular weight is 475 g/mol. The zero-order valence-electron chi connectivity index (χ0n) is 20.9. The van der Waals surface area contributed by atoms with Crippen molar-refractivity contribution in [1.29, 1.82) is 0 Å². The smallest absolute Gasteiger partial charge is 0.00941 e. The van der Waals surface area contributed by atoms with Crippen molar-refractivity contribution in [2.75, 3.05) is 0 Å². The molecule has 0 heterocycles. The molecule has 0 bridgehead atoms. The molecule has 0 aliphatic carbocycles. The maximum Gasteiger partial charge on any atom is -0.00941 e. The van der Waals surface area contributed by atoms with Crippen LogP contribution in [0.25, 0.3) is 39.0 Å². The van der Waals surface area contributed by atoms with Gasteiger partial charge in [0.2, 0.25) is 0 Å². The van der Waals surface area contributed by atoms with Crippen LogP contribution in [0.1, 0.15) is 11.1 Å². The normalized spacial score (nSPS) is 11.5. The molecule has 5 aromatic rings. The third kappa shape index (κ3) is 6.12. The summed E-state index contributed by atoms with van der Waals surface area (Å²) in [6, 6.07) is 47.3. The fourth-order valence-corrected chi connectivity index (χ4v) is 4.50. The van der Waals surface area contributed by atoms with Gasteiger partial charge in [0.1, 0.15) is 0 Å². The van der Waals surface area contributed by atoms with Crippen LogP contribution < -0.4 is 0 Å². The lowest BCUT2D eigenvalue weighted by Gasteiger charge is -2.07. The lowest BCUT2D eigenvalue weighted by atomic mass is 9.97. The van der Waals surface area contributed by atoms with Gasteiger partial charge in [-0.2, -0.15) is 0 Å². The average Bonchev–Trinajstić information content (AvgIpc) is 2.98. The Labute approximate surface area is 220 Å². The number of allylic oxidation sites excluding steroid dienone is 5. The Morgan fingerprint density at radius 3 is 1.35 bits per heavy atom. The van der Waals surface area contributed by atoms with Crippen molar-refractivity contribution in [2.45, 2.75) is 6.42 Å². The molecule has 0 N–H and O–H groups in total.